The molecule has 112 valence electrons. The van der Waals surface area contributed by atoms with E-state index in [9.17, 15) is 0 Å². The lowest BCUT2D eigenvalue weighted by Gasteiger charge is -2.39. The normalized spacial score (nSPS) is 25.5. The zero-order chi connectivity index (χ0) is 15.3. The lowest BCUT2D eigenvalue weighted by molar-refractivity contribution is 0.423. The summed E-state index contributed by atoms with van der Waals surface area (Å²) < 4.78 is 1.20. The number of nitrogens with one attached hydrogen (secondary N) is 1. The number of halogens is 1. The summed E-state index contributed by atoms with van der Waals surface area (Å²) in [7, 11) is 0. The number of rotatable bonds is 1. The van der Waals surface area contributed by atoms with Gasteiger partial charge in [-0.1, -0.05) is 52.3 Å². The maximum atomic E-state index is 3.84. The average Bonchev–Trinajstić information content (AvgIpc) is 2.95. The van der Waals surface area contributed by atoms with E-state index in [0.717, 1.165) is 6.42 Å². The van der Waals surface area contributed by atoms with Crippen molar-refractivity contribution in [1.82, 2.24) is 0 Å². The molecule has 0 saturated carbocycles. The third-order valence-electron chi connectivity index (χ3n) is 5.06. The first-order valence-electron chi connectivity index (χ1n) is 7.94. The van der Waals surface area contributed by atoms with Crippen molar-refractivity contribution in [3.05, 3.63) is 75.3 Å². The minimum Gasteiger partial charge on any atom is -0.378 e. The van der Waals surface area contributed by atoms with Crippen molar-refractivity contribution in [1.29, 1.82) is 0 Å². The van der Waals surface area contributed by atoms with Crippen LogP contribution in [-0.4, -0.2) is 0 Å². The minimum atomic E-state index is 0.365. The van der Waals surface area contributed by atoms with Gasteiger partial charge in [0.15, 0.2) is 0 Å². The van der Waals surface area contributed by atoms with Gasteiger partial charge in [-0.15, -0.1) is 0 Å². The van der Waals surface area contributed by atoms with Gasteiger partial charge in [0, 0.05) is 16.1 Å². The first kappa shape index (κ1) is 14.1. The summed E-state index contributed by atoms with van der Waals surface area (Å²) in [6, 6.07) is 13.6. The van der Waals surface area contributed by atoms with E-state index in [-0.39, 0.29) is 0 Å². The Kier molecular flexibility index (Phi) is 3.37. The molecule has 0 aromatic heterocycles. The Morgan fingerprint density at radius 2 is 1.95 bits per heavy atom. The van der Waals surface area contributed by atoms with Gasteiger partial charge in [-0.25, -0.2) is 0 Å². The van der Waals surface area contributed by atoms with Gasteiger partial charge in [0.05, 0.1) is 6.04 Å². The van der Waals surface area contributed by atoms with Crippen molar-refractivity contribution in [2.24, 2.45) is 5.92 Å². The Morgan fingerprint density at radius 3 is 2.77 bits per heavy atom. The third kappa shape index (κ3) is 2.13. The fraction of sp³-hybridized carbons (Fsp3) is 0.300. The fourth-order valence-corrected chi connectivity index (χ4v) is 4.71. The monoisotopic (exact) mass is 353 g/mol. The maximum Gasteiger partial charge on any atom is 0.0565 e. The van der Waals surface area contributed by atoms with Crippen molar-refractivity contribution in [3.8, 4) is 0 Å². The van der Waals surface area contributed by atoms with Crippen LogP contribution in [0, 0.1) is 19.8 Å². The highest BCUT2D eigenvalue weighted by Gasteiger charge is 2.39. The molecule has 4 rings (SSSR count). The van der Waals surface area contributed by atoms with E-state index in [2.05, 4.69) is 83.6 Å². The molecule has 0 spiro atoms. The summed E-state index contributed by atoms with van der Waals surface area (Å²) in [5, 5.41) is 3.84. The topological polar surface area (TPSA) is 12.0 Å². The molecule has 0 unspecified atom stereocenters. The standard InChI is InChI=1S/C20H20BrN/c1-12-10-13(2)19-14-7-5-8-15(14)20(22-18(19)11-12)16-6-3-4-9-17(16)21/h3-7,9-11,14-15,20,22H,8H2,1-2H3/t14-,15-,20-/m0/s1. The molecule has 2 aromatic rings. The molecule has 2 aromatic carbocycles. The Balaban J connectivity index is 1.86. The number of anilines is 1. The highest BCUT2D eigenvalue weighted by Crippen LogP contribution is 2.51. The van der Waals surface area contributed by atoms with E-state index in [1.54, 1.807) is 0 Å². The van der Waals surface area contributed by atoms with Crippen LogP contribution in [0.25, 0.3) is 0 Å². The van der Waals surface area contributed by atoms with Crippen LogP contribution in [0.4, 0.5) is 5.69 Å². The van der Waals surface area contributed by atoms with Crippen LogP contribution in [0.15, 0.2) is 53.0 Å². The van der Waals surface area contributed by atoms with Crippen molar-refractivity contribution < 1.29 is 0 Å². The molecule has 3 atom stereocenters. The molecular formula is C20H20BrN. The molecule has 1 heterocycles. The van der Waals surface area contributed by atoms with Gasteiger partial charge >= 0.3 is 0 Å². The number of benzene rings is 2. The lowest BCUT2D eigenvalue weighted by atomic mass is 9.75. The maximum absolute atomic E-state index is 3.84. The van der Waals surface area contributed by atoms with Crippen LogP contribution in [0.2, 0.25) is 0 Å². The van der Waals surface area contributed by atoms with Gasteiger partial charge in [-0.05, 0) is 60.6 Å². The molecule has 2 heteroatoms. The third-order valence-corrected chi connectivity index (χ3v) is 5.78. The summed E-state index contributed by atoms with van der Waals surface area (Å²) in [6.07, 6.45) is 5.92. The quantitative estimate of drug-likeness (QED) is 0.630. The summed E-state index contributed by atoms with van der Waals surface area (Å²) >= 11 is 3.74. The van der Waals surface area contributed by atoms with Crippen LogP contribution in [0.3, 0.4) is 0 Å². The van der Waals surface area contributed by atoms with Crippen LogP contribution in [-0.2, 0) is 0 Å². The minimum absolute atomic E-state index is 0.365. The van der Waals surface area contributed by atoms with E-state index < -0.39 is 0 Å². The van der Waals surface area contributed by atoms with Gasteiger partial charge in [0.25, 0.3) is 0 Å². The smallest absolute Gasteiger partial charge is 0.0565 e. The van der Waals surface area contributed by atoms with Crippen LogP contribution < -0.4 is 5.32 Å². The zero-order valence-corrected chi connectivity index (χ0v) is 14.5. The molecule has 1 N–H and O–H groups in total. The molecule has 0 fully saturated rings. The molecule has 1 nitrogen and oxygen atoms in total. The Morgan fingerprint density at radius 1 is 1.14 bits per heavy atom. The van der Waals surface area contributed by atoms with E-state index in [0.29, 0.717) is 17.9 Å². The molecular weight excluding hydrogens is 334 g/mol. The van der Waals surface area contributed by atoms with Gasteiger partial charge < -0.3 is 5.32 Å². The second-order valence-corrected chi connectivity index (χ2v) is 7.39. The predicted molar refractivity (Wildman–Crippen MR) is 96.4 cm³/mol. The van der Waals surface area contributed by atoms with Crippen LogP contribution in [0.1, 0.15) is 40.6 Å². The number of fused-ring (bicyclic) bond motifs is 3. The number of hydrogen-bond acceptors (Lipinski definition) is 1. The second kappa shape index (κ2) is 5.27. The number of allylic oxidation sites excluding steroid dienone is 2. The first-order valence-corrected chi connectivity index (χ1v) is 8.73. The molecule has 0 saturated heterocycles. The van der Waals surface area contributed by atoms with Gasteiger partial charge in [-0.3, -0.25) is 0 Å². The van der Waals surface area contributed by atoms with Crippen molar-refractivity contribution in [2.75, 3.05) is 5.32 Å². The molecule has 0 radical (unpaired) electrons. The first-order chi connectivity index (χ1) is 10.6. The number of hydrogen-bond donors (Lipinski definition) is 1. The molecule has 22 heavy (non-hydrogen) atoms. The average molecular weight is 354 g/mol. The van der Waals surface area contributed by atoms with E-state index in [1.165, 1.54) is 32.4 Å². The van der Waals surface area contributed by atoms with Gasteiger partial charge in [-0.2, -0.15) is 0 Å². The number of aryl methyl sites for hydroxylation is 2. The summed E-state index contributed by atoms with van der Waals surface area (Å²) in [6.45, 7) is 4.43. The molecule has 0 amide bonds. The SMILES string of the molecule is Cc1cc(C)c2c(c1)N[C@H](c1ccccc1Br)[C@H]1CC=C[C@H]21. The Hall–Kier alpha value is -1.54. The highest BCUT2D eigenvalue weighted by atomic mass is 79.9. The lowest BCUT2D eigenvalue weighted by Crippen LogP contribution is -2.30. The molecule has 2 aliphatic rings. The summed E-state index contributed by atoms with van der Waals surface area (Å²) in [5.41, 5.74) is 6.91. The van der Waals surface area contributed by atoms with E-state index >= 15 is 0 Å². The summed E-state index contributed by atoms with van der Waals surface area (Å²) in [4.78, 5) is 0. The molecule has 1 aliphatic heterocycles. The Labute approximate surface area is 140 Å². The molecule has 0 bridgehead atoms. The Bertz CT molecular complexity index is 762. The van der Waals surface area contributed by atoms with Crippen molar-refractivity contribution in [2.45, 2.75) is 32.2 Å². The van der Waals surface area contributed by atoms with E-state index in [1.807, 2.05) is 0 Å². The largest absolute Gasteiger partial charge is 0.378 e. The fourth-order valence-electron chi connectivity index (χ4n) is 4.18. The van der Waals surface area contributed by atoms with Crippen molar-refractivity contribution >= 4 is 21.6 Å². The highest BCUT2D eigenvalue weighted by molar-refractivity contribution is 9.10. The second-order valence-electron chi connectivity index (χ2n) is 6.54. The van der Waals surface area contributed by atoms with E-state index in [4.69, 9.17) is 0 Å². The van der Waals surface area contributed by atoms with Crippen LogP contribution >= 0.6 is 15.9 Å². The van der Waals surface area contributed by atoms with Crippen LogP contribution in [0.5, 0.6) is 0 Å². The van der Waals surface area contributed by atoms with Gasteiger partial charge in [0.2, 0.25) is 0 Å². The van der Waals surface area contributed by atoms with Gasteiger partial charge in [0.1, 0.15) is 0 Å². The predicted octanol–water partition coefficient (Wildman–Crippen LogP) is 5.89. The summed E-state index contributed by atoms with van der Waals surface area (Å²) in [5.74, 6) is 1.14. The van der Waals surface area contributed by atoms with Crippen molar-refractivity contribution in [3.63, 3.8) is 0 Å². The molecule has 1 aliphatic carbocycles. The zero-order valence-electron chi connectivity index (χ0n) is 12.9.